The highest BCUT2D eigenvalue weighted by Gasteiger charge is 2.34. The van der Waals surface area contributed by atoms with Crippen LogP contribution in [0.1, 0.15) is 34.6 Å². The summed E-state index contributed by atoms with van der Waals surface area (Å²) < 4.78 is 16.3. The van der Waals surface area contributed by atoms with Crippen molar-refractivity contribution in [2.75, 3.05) is 0 Å². The Morgan fingerprint density at radius 2 is 1.67 bits per heavy atom. The first-order valence-corrected chi connectivity index (χ1v) is 6.66. The first-order chi connectivity index (χ1) is 6.86. The lowest BCUT2D eigenvalue weighted by atomic mass is 10.3. The van der Waals surface area contributed by atoms with E-state index in [1.54, 1.807) is 0 Å². The number of allylic oxidation sites excluding steroid dienone is 2. The Morgan fingerprint density at radius 3 is 2.07 bits per heavy atom. The molecule has 15 heavy (non-hydrogen) atoms. The molecule has 0 aromatic carbocycles. The minimum Gasteiger partial charge on any atom is -0.332 e. The van der Waals surface area contributed by atoms with Gasteiger partial charge in [-0.05, 0) is 40.7 Å². The maximum Gasteiger partial charge on any atom is 0.530 e. The topological polar surface area (TPSA) is 23.6 Å². The summed E-state index contributed by atoms with van der Waals surface area (Å²) in [5.41, 5.74) is 1.92. The summed E-state index contributed by atoms with van der Waals surface area (Å²) in [7, 11) is -1.92. The Labute approximate surface area is 93.9 Å². The lowest BCUT2D eigenvalue weighted by Crippen LogP contribution is -2.52. The average molecular weight is 224 g/mol. The van der Waals surface area contributed by atoms with E-state index < -0.39 is 9.01 Å². The minimum absolute atomic E-state index is 0.231. The van der Waals surface area contributed by atoms with Gasteiger partial charge in [0.05, 0.1) is 0 Å². The molecule has 0 saturated carbocycles. The molecule has 0 spiro atoms. The van der Waals surface area contributed by atoms with Crippen LogP contribution in [0.3, 0.4) is 0 Å². The molecule has 0 amide bonds. The van der Waals surface area contributed by atoms with Crippen LogP contribution in [-0.4, -0.2) is 30.2 Å². The van der Waals surface area contributed by atoms with Crippen molar-refractivity contribution in [2.24, 2.45) is 0 Å². The van der Waals surface area contributed by atoms with Crippen molar-refractivity contribution in [3.8, 4) is 0 Å². The van der Waals surface area contributed by atoms with Crippen molar-refractivity contribution in [1.29, 1.82) is 0 Å². The van der Waals surface area contributed by atoms with Crippen LogP contribution in [0.15, 0.2) is 24.0 Å². The Balaban J connectivity index is 3.10. The van der Waals surface area contributed by atoms with Gasteiger partial charge in [-0.15, -0.1) is 0 Å². The Bertz CT molecular complexity index is 321. The fourth-order valence-electron chi connectivity index (χ4n) is 1.95. The van der Waals surface area contributed by atoms with E-state index in [9.17, 15) is 4.46 Å². The summed E-state index contributed by atoms with van der Waals surface area (Å²) in [5.74, 6) is 0. The lowest BCUT2D eigenvalue weighted by molar-refractivity contribution is 0.299. The van der Waals surface area contributed by atoms with E-state index >= 15 is 0 Å². The predicted molar refractivity (Wildman–Crippen MR) is 63.3 cm³/mol. The number of hydrogen-bond acceptors (Lipinski definition) is 1. The van der Waals surface area contributed by atoms with Gasteiger partial charge in [-0.1, -0.05) is 6.58 Å². The van der Waals surface area contributed by atoms with Crippen LogP contribution in [0.2, 0.25) is 0 Å². The van der Waals surface area contributed by atoms with Crippen LogP contribution >= 0.6 is 0 Å². The van der Waals surface area contributed by atoms with Gasteiger partial charge in [0, 0.05) is 23.5 Å². The zero-order valence-electron chi connectivity index (χ0n) is 10.2. The highest BCUT2D eigenvalue weighted by atomic mass is 28.3. The first kappa shape index (κ1) is 12.2. The fourth-order valence-corrected chi connectivity index (χ4v) is 3.74. The summed E-state index contributed by atoms with van der Waals surface area (Å²) in [6, 6.07) is 0.497. The van der Waals surface area contributed by atoms with Crippen molar-refractivity contribution in [1.82, 2.24) is 9.13 Å². The van der Waals surface area contributed by atoms with Gasteiger partial charge in [-0.25, -0.2) is 0 Å². The smallest absolute Gasteiger partial charge is 0.332 e. The van der Waals surface area contributed by atoms with E-state index in [1.165, 1.54) is 0 Å². The van der Waals surface area contributed by atoms with E-state index in [-0.39, 0.29) is 12.1 Å². The molecule has 1 heterocycles. The van der Waals surface area contributed by atoms with Crippen LogP contribution in [-0.2, 0) is 4.46 Å². The molecular weight excluding hydrogens is 204 g/mol. The highest BCUT2D eigenvalue weighted by Crippen LogP contribution is 2.23. The van der Waals surface area contributed by atoms with E-state index in [2.05, 4.69) is 20.4 Å². The fraction of sp³-hybridized carbons (Fsp3) is 0.636. The van der Waals surface area contributed by atoms with Gasteiger partial charge in [-0.2, -0.15) is 0 Å². The monoisotopic (exact) mass is 224 g/mol. The molecule has 0 fully saturated rings. The molecule has 1 rings (SSSR count). The zero-order chi connectivity index (χ0) is 11.7. The summed E-state index contributed by atoms with van der Waals surface area (Å²) in [4.78, 5) is 0. The third-order valence-corrected chi connectivity index (χ3v) is 5.01. The second-order valence-corrected chi connectivity index (χ2v) is 6.02. The van der Waals surface area contributed by atoms with E-state index in [0.29, 0.717) is 0 Å². The second-order valence-electron chi connectivity index (χ2n) is 4.49. The molecule has 0 radical (unpaired) electrons. The van der Waals surface area contributed by atoms with Gasteiger partial charge in [0.25, 0.3) is 0 Å². The maximum absolute atomic E-state index is 12.4. The summed E-state index contributed by atoms with van der Waals surface area (Å²) in [6.07, 6.45) is 2.01. The molecular formula is C11H20N2OSi. The van der Waals surface area contributed by atoms with Crippen LogP contribution in [0.4, 0.5) is 0 Å². The van der Waals surface area contributed by atoms with Gasteiger partial charge in [0.2, 0.25) is 0 Å². The Kier molecular flexibility index (Phi) is 3.49. The maximum atomic E-state index is 12.4. The molecule has 0 aliphatic carbocycles. The highest BCUT2D eigenvalue weighted by molar-refractivity contribution is 6.38. The molecule has 1 aliphatic heterocycles. The molecule has 0 N–H and O–H groups in total. The average Bonchev–Trinajstić information content (AvgIpc) is 1.99. The summed E-state index contributed by atoms with van der Waals surface area (Å²) in [5, 5.41) is 0. The molecule has 1 aliphatic rings. The SMILES string of the molecule is C=C1C=C(C)N(C(C)C)[Si](=O)N1C(C)C. The summed E-state index contributed by atoms with van der Waals surface area (Å²) >= 11 is 0. The third-order valence-electron chi connectivity index (χ3n) is 2.51. The quantitative estimate of drug-likeness (QED) is 0.672. The summed E-state index contributed by atoms with van der Waals surface area (Å²) in [6.45, 7) is 14.2. The normalized spacial score (nSPS) is 17.9. The lowest BCUT2D eigenvalue weighted by Gasteiger charge is -2.39. The van der Waals surface area contributed by atoms with Gasteiger partial charge in [0.15, 0.2) is 0 Å². The van der Waals surface area contributed by atoms with Crippen molar-refractivity contribution in [2.45, 2.75) is 46.7 Å². The van der Waals surface area contributed by atoms with E-state index in [0.717, 1.165) is 11.4 Å². The molecule has 0 atom stereocenters. The van der Waals surface area contributed by atoms with Crippen molar-refractivity contribution in [3.05, 3.63) is 24.0 Å². The van der Waals surface area contributed by atoms with Crippen molar-refractivity contribution >= 4 is 9.01 Å². The van der Waals surface area contributed by atoms with Gasteiger partial charge in [-0.3, -0.25) is 0 Å². The van der Waals surface area contributed by atoms with E-state index in [1.807, 2.05) is 36.0 Å². The zero-order valence-corrected chi connectivity index (χ0v) is 11.2. The second kappa shape index (κ2) is 4.31. The molecule has 0 unspecified atom stereocenters. The molecule has 84 valence electrons. The number of rotatable bonds is 2. The Hall–Kier alpha value is -0.903. The van der Waals surface area contributed by atoms with Gasteiger partial charge in [0.1, 0.15) is 0 Å². The first-order valence-electron chi connectivity index (χ1n) is 5.36. The van der Waals surface area contributed by atoms with Crippen LogP contribution in [0.5, 0.6) is 0 Å². The van der Waals surface area contributed by atoms with Crippen LogP contribution in [0, 0.1) is 0 Å². The molecule has 4 heteroatoms. The van der Waals surface area contributed by atoms with Gasteiger partial charge >= 0.3 is 9.01 Å². The molecule has 0 aromatic heterocycles. The largest absolute Gasteiger partial charge is 0.530 e. The van der Waals surface area contributed by atoms with E-state index in [4.69, 9.17) is 0 Å². The van der Waals surface area contributed by atoms with Crippen LogP contribution in [0.25, 0.3) is 0 Å². The molecule has 0 aromatic rings. The number of hydrogen-bond donors (Lipinski definition) is 0. The Morgan fingerprint density at radius 1 is 1.20 bits per heavy atom. The van der Waals surface area contributed by atoms with Gasteiger partial charge < -0.3 is 13.6 Å². The molecule has 0 bridgehead atoms. The van der Waals surface area contributed by atoms with Crippen molar-refractivity contribution in [3.63, 3.8) is 0 Å². The predicted octanol–water partition coefficient (Wildman–Crippen LogP) is 2.25. The minimum atomic E-state index is -1.92. The molecule has 3 nitrogen and oxygen atoms in total. The number of nitrogens with zero attached hydrogens (tertiary/aromatic N) is 2. The standard InChI is InChI=1S/C11H20N2OSi/c1-8(2)12-10(5)7-11(6)13(9(3)4)15(12)14/h7-9H,5H2,1-4,6H3. The van der Waals surface area contributed by atoms with Crippen LogP contribution < -0.4 is 0 Å². The molecule has 0 saturated heterocycles. The third kappa shape index (κ3) is 2.20. The van der Waals surface area contributed by atoms with Crippen molar-refractivity contribution < 1.29 is 4.46 Å².